The van der Waals surface area contributed by atoms with Crippen molar-refractivity contribution in [1.29, 1.82) is 0 Å². The van der Waals surface area contributed by atoms with E-state index in [-0.39, 0.29) is 5.75 Å². The lowest BCUT2D eigenvalue weighted by Crippen LogP contribution is -2.25. The molecule has 1 aromatic rings. The summed E-state index contributed by atoms with van der Waals surface area (Å²) in [5, 5.41) is 0. The van der Waals surface area contributed by atoms with Gasteiger partial charge in [-0.2, -0.15) is 4.31 Å². The van der Waals surface area contributed by atoms with E-state index in [9.17, 15) is 8.42 Å². The van der Waals surface area contributed by atoms with Crippen LogP contribution in [0.3, 0.4) is 0 Å². The lowest BCUT2D eigenvalue weighted by atomic mass is 10.1. The van der Waals surface area contributed by atoms with E-state index < -0.39 is 10.0 Å². The molecule has 0 amide bonds. The van der Waals surface area contributed by atoms with Crippen molar-refractivity contribution in [2.24, 2.45) is 5.73 Å². The third-order valence-electron chi connectivity index (χ3n) is 2.89. The van der Waals surface area contributed by atoms with Gasteiger partial charge in [-0.1, -0.05) is 30.0 Å². The van der Waals surface area contributed by atoms with Crippen molar-refractivity contribution in [3.05, 3.63) is 35.4 Å². The summed E-state index contributed by atoms with van der Waals surface area (Å²) in [6, 6.07) is 7.59. The lowest BCUT2D eigenvalue weighted by Gasteiger charge is -2.15. The zero-order valence-corrected chi connectivity index (χ0v) is 10.9. The maximum Gasteiger partial charge on any atom is 0.214 e. The quantitative estimate of drug-likeness (QED) is 0.793. The van der Waals surface area contributed by atoms with Crippen LogP contribution in [0.5, 0.6) is 0 Å². The van der Waals surface area contributed by atoms with Crippen molar-refractivity contribution in [2.45, 2.75) is 13.0 Å². The smallest absolute Gasteiger partial charge is 0.214 e. The first-order chi connectivity index (χ1) is 8.63. The molecule has 2 N–H and O–H groups in total. The van der Waals surface area contributed by atoms with Crippen LogP contribution < -0.4 is 5.73 Å². The summed E-state index contributed by atoms with van der Waals surface area (Å²) in [6.07, 6.45) is 0.707. The van der Waals surface area contributed by atoms with Crippen LogP contribution in [-0.4, -0.2) is 31.6 Å². The Labute approximate surface area is 108 Å². The molecule has 0 spiro atoms. The van der Waals surface area contributed by atoms with Gasteiger partial charge in [0, 0.05) is 18.7 Å². The molecule has 18 heavy (non-hydrogen) atoms. The summed E-state index contributed by atoms with van der Waals surface area (Å²) in [5.74, 6) is 6.03. The van der Waals surface area contributed by atoms with Crippen LogP contribution >= 0.6 is 0 Å². The van der Waals surface area contributed by atoms with Gasteiger partial charge in [0.15, 0.2) is 0 Å². The number of sulfonamides is 1. The van der Waals surface area contributed by atoms with Crippen molar-refractivity contribution in [3.8, 4) is 11.8 Å². The molecule has 0 aromatic heterocycles. The Morgan fingerprint density at radius 1 is 1.33 bits per heavy atom. The molecule has 1 aromatic carbocycles. The Hall–Kier alpha value is -1.35. The second kappa shape index (κ2) is 5.53. The molecule has 0 bridgehead atoms. The van der Waals surface area contributed by atoms with Crippen molar-refractivity contribution in [3.63, 3.8) is 0 Å². The number of nitrogens with two attached hydrogens (primary N) is 1. The Morgan fingerprint density at radius 3 is 2.78 bits per heavy atom. The van der Waals surface area contributed by atoms with Crippen molar-refractivity contribution < 1.29 is 8.42 Å². The maximum atomic E-state index is 11.8. The second-order valence-electron chi connectivity index (χ2n) is 4.17. The molecule has 1 fully saturated rings. The Balaban J connectivity index is 2.24. The van der Waals surface area contributed by atoms with Crippen LogP contribution in [0.2, 0.25) is 0 Å². The van der Waals surface area contributed by atoms with Gasteiger partial charge in [-0.3, -0.25) is 0 Å². The number of hydrogen-bond donors (Lipinski definition) is 1. The van der Waals surface area contributed by atoms with Gasteiger partial charge < -0.3 is 5.73 Å². The van der Waals surface area contributed by atoms with Gasteiger partial charge in [0.05, 0.1) is 12.3 Å². The standard InChI is InChI=1S/C13H16N2O2S/c14-8-3-7-12-5-1-2-6-13(12)11-15-9-4-10-18(15,16)17/h1-2,5-6H,4,8-11,14H2. The molecule has 1 aliphatic rings. The predicted molar refractivity (Wildman–Crippen MR) is 71.2 cm³/mol. The number of hydrogen-bond acceptors (Lipinski definition) is 3. The van der Waals surface area contributed by atoms with Crippen molar-refractivity contribution in [2.75, 3.05) is 18.8 Å². The minimum atomic E-state index is -3.06. The third kappa shape index (κ3) is 2.91. The van der Waals surface area contributed by atoms with E-state index in [0.29, 0.717) is 26.1 Å². The van der Waals surface area contributed by atoms with E-state index in [1.165, 1.54) is 4.31 Å². The average molecular weight is 264 g/mol. The number of nitrogens with zero attached hydrogens (tertiary/aromatic N) is 1. The number of benzene rings is 1. The Morgan fingerprint density at radius 2 is 2.11 bits per heavy atom. The molecular formula is C13H16N2O2S. The van der Waals surface area contributed by atoms with Crippen LogP contribution in [0.25, 0.3) is 0 Å². The fourth-order valence-corrected chi connectivity index (χ4v) is 3.48. The highest BCUT2D eigenvalue weighted by atomic mass is 32.2. The van der Waals surface area contributed by atoms with Gasteiger partial charge in [-0.05, 0) is 18.1 Å². The lowest BCUT2D eigenvalue weighted by molar-refractivity contribution is 0.439. The molecule has 1 saturated heterocycles. The maximum absolute atomic E-state index is 11.8. The van der Waals surface area contributed by atoms with E-state index in [2.05, 4.69) is 11.8 Å². The molecule has 5 heteroatoms. The summed E-state index contributed by atoms with van der Waals surface area (Å²) in [6.45, 7) is 1.30. The third-order valence-corrected chi connectivity index (χ3v) is 4.80. The van der Waals surface area contributed by atoms with Gasteiger partial charge >= 0.3 is 0 Å². The van der Waals surface area contributed by atoms with Gasteiger partial charge in [-0.15, -0.1) is 0 Å². The van der Waals surface area contributed by atoms with Crippen LogP contribution in [-0.2, 0) is 16.6 Å². The molecule has 0 radical (unpaired) electrons. The van der Waals surface area contributed by atoms with Crippen LogP contribution in [0.4, 0.5) is 0 Å². The highest BCUT2D eigenvalue weighted by molar-refractivity contribution is 7.89. The summed E-state index contributed by atoms with van der Waals surface area (Å²) in [4.78, 5) is 0. The summed E-state index contributed by atoms with van der Waals surface area (Å²) >= 11 is 0. The van der Waals surface area contributed by atoms with Gasteiger partial charge in [0.1, 0.15) is 0 Å². The average Bonchev–Trinajstić information content (AvgIpc) is 2.68. The van der Waals surface area contributed by atoms with E-state index in [4.69, 9.17) is 5.73 Å². The summed E-state index contributed by atoms with van der Waals surface area (Å²) < 4.78 is 25.0. The normalized spacial score (nSPS) is 18.3. The SMILES string of the molecule is NCC#Cc1ccccc1CN1CCCS1(=O)=O. The fourth-order valence-electron chi connectivity index (χ4n) is 1.99. The molecule has 2 rings (SSSR count). The number of rotatable bonds is 2. The van der Waals surface area contributed by atoms with Crippen LogP contribution in [0.15, 0.2) is 24.3 Å². The molecular weight excluding hydrogens is 248 g/mol. The zero-order chi connectivity index (χ0) is 13.0. The second-order valence-corrected chi connectivity index (χ2v) is 6.25. The van der Waals surface area contributed by atoms with Gasteiger partial charge in [0.25, 0.3) is 0 Å². The van der Waals surface area contributed by atoms with E-state index in [0.717, 1.165) is 11.1 Å². The van der Waals surface area contributed by atoms with Crippen LogP contribution in [0.1, 0.15) is 17.5 Å². The zero-order valence-electron chi connectivity index (χ0n) is 10.1. The minimum Gasteiger partial charge on any atom is -0.320 e. The van der Waals surface area contributed by atoms with Gasteiger partial charge in [0.2, 0.25) is 10.0 Å². The molecule has 96 valence electrons. The fraction of sp³-hybridized carbons (Fsp3) is 0.385. The first kappa shape index (κ1) is 13.1. The molecule has 1 heterocycles. The highest BCUT2D eigenvalue weighted by Gasteiger charge is 2.28. The van der Waals surface area contributed by atoms with Gasteiger partial charge in [-0.25, -0.2) is 8.42 Å². The minimum absolute atomic E-state index is 0.254. The van der Waals surface area contributed by atoms with E-state index >= 15 is 0 Å². The monoisotopic (exact) mass is 264 g/mol. The molecule has 0 saturated carbocycles. The van der Waals surface area contributed by atoms with Crippen molar-refractivity contribution >= 4 is 10.0 Å². The molecule has 4 nitrogen and oxygen atoms in total. The molecule has 0 unspecified atom stereocenters. The molecule has 0 aliphatic carbocycles. The summed E-state index contributed by atoms with van der Waals surface area (Å²) in [7, 11) is -3.06. The first-order valence-corrected chi connectivity index (χ1v) is 7.49. The summed E-state index contributed by atoms with van der Waals surface area (Å²) in [5.41, 5.74) is 7.14. The molecule has 1 aliphatic heterocycles. The Bertz CT molecular complexity index is 584. The van der Waals surface area contributed by atoms with E-state index in [1.54, 1.807) is 0 Å². The predicted octanol–water partition coefficient (Wildman–Crippen LogP) is 0.532. The largest absolute Gasteiger partial charge is 0.320 e. The highest BCUT2D eigenvalue weighted by Crippen LogP contribution is 2.19. The van der Waals surface area contributed by atoms with E-state index in [1.807, 2.05) is 24.3 Å². The topological polar surface area (TPSA) is 63.4 Å². The van der Waals surface area contributed by atoms with Crippen molar-refractivity contribution in [1.82, 2.24) is 4.31 Å². The Kier molecular flexibility index (Phi) is 4.02. The van der Waals surface area contributed by atoms with Crippen LogP contribution in [0, 0.1) is 11.8 Å². The first-order valence-electron chi connectivity index (χ1n) is 5.88. The molecule has 0 atom stereocenters.